The lowest BCUT2D eigenvalue weighted by atomic mass is 10.0. The van der Waals surface area contributed by atoms with Crippen molar-refractivity contribution in [3.05, 3.63) is 94.3 Å². The molecule has 0 aliphatic carbocycles. The Kier molecular flexibility index (Phi) is 8.96. The molecular weight excluding hydrogens is 523 g/mol. The first-order chi connectivity index (χ1) is 18.7. The van der Waals surface area contributed by atoms with Gasteiger partial charge in [-0.2, -0.15) is 0 Å². The van der Waals surface area contributed by atoms with Gasteiger partial charge < -0.3 is 25.1 Å². The average Bonchev–Trinajstić information content (AvgIpc) is 3.37. The van der Waals surface area contributed by atoms with Crippen LogP contribution < -0.4 is 11.1 Å². The van der Waals surface area contributed by atoms with Crippen molar-refractivity contribution in [2.24, 2.45) is 10.7 Å². The number of benzene rings is 2. The fraction of sp³-hybridized carbons (Fsp3) is 0.207. The highest BCUT2D eigenvalue weighted by Gasteiger charge is 2.22. The highest BCUT2D eigenvalue weighted by Crippen LogP contribution is 2.33. The zero-order chi connectivity index (χ0) is 27.9. The van der Waals surface area contributed by atoms with Crippen LogP contribution in [0.15, 0.2) is 81.5 Å². The van der Waals surface area contributed by atoms with E-state index in [1.807, 2.05) is 13.0 Å². The zero-order valence-corrected chi connectivity index (χ0v) is 22.1. The molecule has 2 aromatic carbocycles. The van der Waals surface area contributed by atoms with Gasteiger partial charge in [-0.1, -0.05) is 35.4 Å². The SMILES string of the molecule is C=N\C(N)=C/C=C(C)/C=C/C(=O)NCc1cc2cc(-c3ccc(F)c(C(=O)N4CCOCC4)c3)cc(Cl)c2o1. The molecule has 1 aliphatic rings. The first-order valence-electron chi connectivity index (χ1n) is 12.2. The molecule has 0 spiro atoms. The summed E-state index contributed by atoms with van der Waals surface area (Å²) in [7, 11) is 0. The van der Waals surface area contributed by atoms with Crippen molar-refractivity contribution < 1.29 is 23.1 Å². The van der Waals surface area contributed by atoms with E-state index in [0.29, 0.717) is 59.2 Å². The molecule has 8 nitrogen and oxygen atoms in total. The normalized spacial score (nSPS) is 14.7. The van der Waals surface area contributed by atoms with Gasteiger partial charge >= 0.3 is 0 Å². The van der Waals surface area contributed by atoms with Crippen LogP contribution in [0.25, 0.3) is 22.1 Å². The summed E-state index contributed by atoms with van der Waals surface area (Å²) in [6.07, 6.45) is 6.35. The van der Waals surface area contributed by atoms with Crippen LogP contribution in [-0.4, -0.2) is 49.7 Å². The third-order valence-electron chi connectivity index (χ3n) is 6.08. The Morgan fingerprint density at radius 3 is 2.67 bits per heavy atom. The minimum absolute atomic E-state index is 0.00351. The number of morpholine rings is 1. The minimum atomic E-state index is -0.585. The van der Waals surface area contributed by atoms with E-state index in [4.69, 9.17) is 26.5 Å². The molecule has 4 rings (SSSR count). The van der Waals surface area contributed by atoms with Gasteiger partial charge in [0, 0.05) is 24.6 Å². The number of nitrogens with two attached hydrogens (primary N) is 1. The van der Waals surface area contributed by atoms with Gasteiger partial charge in [0.15, 0.2) is 5.58 Å². The topological polar surface area (TPSA) is 110 Å². The van der Waals surface area contributed by atoms with E-state index in [1.165, 1.54) is 18.2 Å². The molecule has 0 radical (unpaired) electrons. The Hall–Kier alpha value is -4.21. The first-order valence-corrected chi connectivity index (χ1v) is 12.6. The van der Waals surface area contributed by atoms with Gasteiger partial charge in [-0.15, -0.1) is 0 Å². The number of hydrogen-bond donors (Lipinski definition) is 2. The van der Waals surface area contributed by atoms with Crippen molar-refractivity contribution in [2.75, 3.05) is 26.3 Å². The highest BCUT2D eigenvalue weighted by molar-refractivity contribution is 6.35. The Morgan fingerprint density at radius 1 is 1.15 bits per heavy atom. The second-order valence-electron chi connectivity index (χ2n) is 8.90. The molecule has 1 aromatic heterocycles. The number of nitrogens with zero attached hydrogens (tertiary/aromatic N) is 2. The molecule has 10 heteroatoms. The molecule has 202 valence electrons. The molecule has 0 unspecified atom stereocenters. The predicted octanol–water partition coefficient (Wildman–Crippen LogP) is 4.98. The van der Waals surface area contributed by atoms with Crippen LogP contribution in [0.5, 0.6) is 0 Å². The monoisotopic (exact) mass is 550 g/mol. The number of carbonyl (C=O) groups excluding carboxylic acids is 2. The maximum atomic E-state index is 14.6. The van der Waals surface area contributed by atoms with Crippen molar-refractivity contribution >= 4 is 41.1 Å². The van der Waals surface area contributed by atoms with Crippen molar-refractivity contribution in [3.8, 4) is 11.1 Å². The second-order valence-corrected chi connectivity index (χ2v) is 9.31. The van der Waals surface area contributed by atoms with Gasteiger partial charge in [0.25, 0.3) is 5.91 Å². The molecule has 0 bridgehead atoms. The standard InChI is InChI=1S/C29H28ClFN4O4/c1-18(3-7-26(32)33-2)4-8-27(36)34-17-22-14-21-13-20(16-24(30)28(21)39-22)19-5-6-25(31)23(15-19)29(37)35-9-11-38-12-10-35/h3-8,13-16H,2,9-12,17,32H2,1H3,(H,34,36)/b8-4+,18-3+,26-7-. The molecule has 2 heterocycles. The number of halogens is 2. The van der Waals surface area contributed by atoms with E-state index in [2.05, 4.69) is 17.0 Å². The maximum absolute atomic E-state index is 14.6. The number of amides is 2. The van der Waals surface area contributed by atoms with Gasteiger partial charge in [0.05, 0.1) is 30.3 Å². The summed E-state index contributed by atoms with van der Waals surface area (Å²) in [4.78, 5) is 30.3. The fourth-order valence-corrected chi connectivity index (χ4v) is 4.25. The van der Waals surface area contributed by atoms with Gasteiger partial charge in [0.1, 0.15) is 17.4 Å². The lowest BCUT2D eigenvalue weighted by Gasteiger charge is -2.27. The molecular formula is C29H28ClFN4O4. The van der Waals surface area contributed by atoms with E-state index in [0.717, 1.165) is 5.57 Å². The quantitative estimate of drug-likeness (QED) is 0.233. The first kappa shape index (κ1) is 27.8. The summed E-state index contributed by atoms with van der Waals surface area (Å²) in [5.41, 5.74) is 8.16. The summed E-state index contributed by atoms with van der Waals surface area (Å²) in [6, 6.07) is 9.74. The van der Waals surface area contributed by atoms with Crippen LogP contribution in [-0.2, 0) is 16.1 Å². The lowest BCUT2D eigenvalue weighted by Crippen LogP contribution is -2.41. The average molecular weight is 551 g/mol. The third-order valence-corrected chi connectivity index (χ3v) is 6.37. The summed E-state index contributed by atoms with van der Waals surface area (Å²) in [5, 5.41) is 3.83. The van der Waals surface area contributed by atoms with Crippen LogP contribution in [0, 0.1) is 5.82 Å². The second kappa shape index (κ2) is 12.6. The lowest BCUT2D eigenvalue weighted by molar-refractivity contribution is -0.116. The fourth-order valence-electron chi connectivity index (χ4n) is 3.99. The van der Waals surface area contributed by atoms with Gasteiger partial charge in [-0.3, -0.25) is 9.59 Å². The molecule has 39 heavy (non-hydrogen) atoms. The summed E-state index contributed by atoms with van der Waals surface area (Å²) < 4.78 is 25.7. The van der Waals surface area contributed by atoms with E-state index in [9.17, 15) is 14.0 Å². The number of fused-ring (bicyclic) bond motifs is 1. The predicted molar refractivity (Wildman–Crippen MR) is 150 cm³/mol. The Balaban J connectivity index is 1.49. The molecule has 3 aromatic rings. The van der Waals surface area contributed by atoms with E-state index < -0.39 is 5.82 Å². The van der Waals surface area contributed by atoms with Crippen molar-refractivity contribution in [3.63, 3.8) is 0 Å². The molecule has 0 atom stereocenters. The molecule has 1 aliphatic heterocycles. The number of aliphatic imine (C=N–C) groups is 1. The minimum Gasteiger partial charge on any atom is -0.458 e. The van der Waals surface area contributed by atoms with E-state index in [1.54, 1.807) is 41.3 Å². The number of rotatable bonds is 8. The van der Waals surface area contributed by atoms with Gasteiger partial charge in [-0.25, -0.2) is 9.38 Å². The maximum Gasteiger partial charge on any atom is 0.257 e. The highest BCUT2D eigenvalue weighted by atomic mass is 35.5. The number of hydrogen-bond acceptors (Lipinski definition) is 6. The molecule has 2 amide bonds. The van der Waals surface area contributed by atoms with Gasteiger partial charge in [0.2, 0.25) is 5.91 Å². The van der Waals surface area contributed by atoms with E-state index >= 15 is 0 Å². The number of nitrogens with one attached hydrogen (secondary N) is 1. The van der Waals surface area contributed by atoms with Crippen molar-refractivity contribution in [1.29, 1.82) is 0 Å². The Labute approximate surface area is 230 Å². The number of allylic oxidation sites excluding steroid dienone is 4. The van der Waals surface area contributed by atoms with Crippen LogP contribution in [0.4, 0.5) is 4.39 Å². The smallest absolute Gasteiger partial charge is 0.257 e. The molecule has 0 saturated carbocycles. The largest absolute Gasteiger partial charge is 0.458 e. The Morgan fingerprint density at radius 2 is 1.92 bits per heavy atom. The molecule has 1 fully saturated rings. The summed E-state index contributed by atoms with van der Waals surface area (Å²) in [6.45, 7) is 6.99. The van der Waals surface area contributed by atoms with Crippen molar-refractivity contribution in [2.45, 2.75) is 13.5 Å². The molecule has 3 N–H and O–H groups in total. The van der Waals surface area contributed by atoms with Crippen LogP contribution in [0.3, 0.4) is 0 Å². The summed E-state index contributed by atoms with van der Waals surface area (Å²) in [5.74, 6) is -0.482. The zero-order valence-electron chi connectivity index (χ0n) is 21.4. The van der Waals surface area contributed by atoms with Crippen LogP contribution >= 0.6 is 11.6 Å². The molecule has 1 saturated heterocycles. The van der Waals surface area contributed by atoms with Crippen LogP contribution in [0.1, 0.15) is 23.0 Å². The summed E-state index contributed by atoms with van der Waals surface area (Å²) >= 11 is 6.50. The van der Waals surface area contributed by atoms with E-state index in [-0.39, 0.29) is 29.7 Å². The number of furan rings is 1. The Bertz CT molecular complexity index is 1500. The number of ether oxygens (including phenoxy) is 1. The van der Waals surface area contributed by atoms with Gasteiger partial charge in [-0.05, 0) is 61.2 Å². The van der Waals surface area contributed by atoms with Crippen molar-refractivity contribution in [1.82, 2.24) is 10.2 Å². The third kappa shape index (κ3) is 7.01. The number of carbonyl (C=O) groups is 2. The van der Waals surface area contributed by atoms with Crippen LogP contribution in [0.2, 0.25) is 5.02 Å².